The number of hydrogen-bond acceptors (Lipinski definition) is 4. The molecule has 112 valence electrons. The Bertz CT molecular complexity index is 828. The van der Waals surface area contributed by atoms with Crippen LogP contribution in [0.15, 0.2) is 47.8 Å². The lowest BCUT2D eigenvalue weighted by Gasteiger charge is -2.09. The number of aromatic nitrogens is 3. The van der Waals surface area contributed by atoms with Crippen molar-refractivity contribution in [1.29, 1.82) is 0 Å². The molecule has 0 unspecified atom stereocenters. The second-order valence-corrected chi connectivity index (χ2v) is 5.94. The Balaban J connectivity index is 1.66. The fourth-order valence-corrected chi connectivity index (χ4v) is 2.85. The molecule has 0 aliphatic heterocycles. The molecule has 0 saturated carbocycles. The minimum absolute atomic E-state index is 0.0496. The summed E-state index contributed by atoms with van der Waals surface area (Å²) >= 11 is 1.37. The van der Waals surface area contributed by atoms with Crippen molar-refractivity contribution in [1.82, 2.24) is 14.6 Å². The maximum atomic E-state index is 12.1. The van der Waals surface area contributed by atoms with Gasteiger partial charge in [-0.15, -0.1) is 10.2 Å². The summed E-state index contributed by atoms with van der Waals surface area (Å²) in [7, 11) is 0. The third-order valence-corrected chi connectivity index (χ3v) is 4.44. The lowest BCUT2D eigenvalue weighted by molar-refractivity contribution is -0.113. The van der Waals surface area contributed by atoms with Crippen LogP contribution >= 0.6 is 11.8 Å². The van der Waals surface area contributed by atoms with E-state index >= 15 is 0 Å². The maximum Gasteiger partial charge on any atom is 0.234 e. The summed E-state index contributed by atoms with van der Waals surface area (Å²) in [6.45, 7) is 4.03. The normalized spacial score (nSPS) is 10.8. The first-order valence-corrected chi connectivity index (χ1v) is 7.92. The van der Waals surface area contributed by atoms with E-state index in [0.717, 1.165) is 22.5 Å². The van der Waals surface area contributed by atoms with Crippen LogP contribution in [0, 0.1) is 13.8 Å². The molecule has 2 aromatic heterocycles. The number of amides is 1. The van der Waals surface area contributed by atoms with Gasteiger partial charge in [-0.05, 0) is 43.2 Å². The second kappa shape index (κ2) is 6.19. The molecule has 1 aromatic carbocycles. The lowest BCUT2D eigenvalue weighted by Crippen LogP contribution is -2.15. The molecular formula is C16H16N4OS. The Morgan fingerprint density at radius 1 is 1.18 bits per heavy atom. The number of fused-ring (bicyclic) bond motifs is 1. The fourth-order valence-electron chi connectivity index (χ4n) is 2.12. The van der Waals surface area contributed by atoms with Crippen molar-refractivity contribution in [3.63, 3.8) is 0 Å². The van der Waals surface area contributed by atoms with Crippen LogP contribution in [0.1, 0.15) is 11.1 Å². The van der Waals surface area contributed by atoms with E-state index in [-0.39, 0.29) is 5.91 Å². The predicted octanol–water partition coefficient (Wildman–Crippen LogP) is 3.08. The number of pyridine rings is 1. The van der Waals surface area contributed by atoms with Gasteiger partial charge in [-0.2, -0.15) is 0 Å². The fraction of sp³-hybridized carbons (Fsp3) is 0.188. The monoisotopic (exact) mass is 312 g/mol. The van der Waals surface area contributed by atoms with Crippen molar-refractivity contribution < 1.29 is 4.79 Å². The summed E-state index contributed by atoms with van der Waals surface area (Å²) in [5, 5.41) is 11.8. The van der Waals surface area contributed by atoms with Gasteiger partial charge in [0.15, 0.2) is 10.8 Å². The van der Waals surface area contributed by atoms with Crippen LogP contribution in [0.25, 0.3) is 5.65 Å². The average Bonchev–Trinajstić information content (AvgIpc) is 2.93. The zero-order valence-electron chi connectivity index (χ0n) is 12.4. The number of thioether (sulfide) groups is 1. The van der Waals surface area contributed by atoms with Crippen molar-refractivity contribution in [2.75, 3.05) is 11.1 Å². The quantitative estimate of drug-likeness (QED) is 0.752. The molecule has 0 saturated heterocycles. The molecule has 22 heavy (non-hydrogen) atoms. The van der Waals surface area contributed by atoms with E-state index in [9.17, 15) is 4.79 Å². The molecule has 0 radical (unpaired) electrons. The van der Waals surface area contributed by atoms with Gasteiger partial charge in [0, 0.05) is 11.9 Å². The first-order valence-electron chi connectivity index (χ1n) is 6.94. The van der Waals surface area contributed by atoms with Crippen LogP contribution in [0.5, 0.6) is 0 Å². The maximum absolute atomic E-state index is 12.1. The van der Waals surface area contributed by atoms with E-state index < -0.39 is 0 Å². The number of benzene rings is 1. The van der Waals surface area contributed by atoms with Crippen molar-refractivity contribution in [2.45, 2.75) is 19.0 Å². The Hall–Kier alpha value is -2.34. The predicted molar refractivity (Wildman–Crippen MR) is 88.3 cm³/mol. The molecule has 1 amide bonds. The number of carbonyl (C=O) groups is 1. The minimum Gasteiger partial charge on any atom is -0.325 e. The molecule has 2 heterocycles. The zero-order valence-corrected chi connectivity index (χ0v) is 13.2. The highest BCUT2D eigenvalue weighted by Crippen LogP contribution is 2.20. The summed E-state index contributed by atoms with van der Waals surface area (Å²) in [5.41, 5.74) is 3.89. The first-order chi connectivity index (χ1) is 10.6. The van der Waals surface area contributed by atoms with Crippen LogP contribution < -0.4 is 5.32 Å². The third kappa shape index (κ3) is 2.96. The van der Waals surface area contributed by atoms with Crippen molar-refractivity contribution >= 4 is 29.0 Å². The highest BCUT2D eigenvalue weighted by molar-refractivity contribution is 7.99. The Morgan fingerprint density at radius 2 is 2.05 bits per heavy atom. The van der Waals surface area contributed by atoms with E-state index in [2.05, 4.69) is 15.5 Å². The summed E-state index contributed by atoms with van der Waals surface area (Å²) in [6.07, 6.45) is 1.89. The molecular weight excluding hydrogens is 296 g/mol. The smallest absolute Gasteiger partial charge is 0.234 e. The minimum atomic E-state index is -0.0496. The highest BCUT2D eigenvalue weighted by Gasteiger charge is 2.10. The summed E-state index contributed by atoms with van der Waals surface area (Å²) in [4.78, 5) is 12.1. The molecule has 0 aliphatic rings. The highest BCUT2D eigenvalue weighted by atomic mass is 32.2. The number of carbonyl (C=O) groups excluding carboxylic acids is 1. The van der Waals surface area contributed by atoms with Gasteiger partial charge in [0.05, 0.1) is 5.75 Å². The second-order valence-electron chi connectivity index (χ2n) is 5.00. The summed E-state index contributed by atoms with van der Waals surface area (Å²) in [5.74, 6) is 0.245. The SMILES string of the molecule is Cc1cccc(NC(=O)CSc2nnc3ccccn23)c1C. The van der Waals surface area contributed by atoms with Crippen LogP contribution in [0.2, 0.25) is 0 Å². The summed E-state index contributed by atoms with van der Waals surface area (Å²) < 4.78 is 1.87. The Kier molecular flexibility index (Phi) is 4.11. The Labute approximate surface area is 132 Å². The standard InChI is InChI=1S/C16H16N4OS/c1-11-6-5-7-13(12(11)2)17-15(21)10-22-16-19-18-14-8-3-4-9-20(14)16/h3-9H,10H2,1-2H3,(H,17,21). The Morgan fingerprint density at radius 3 is 2.91 bits per heavy atom. The van der Waals surface area contributed by atoms with Crippen molar-refractivity contribution in [3.05, 3.63) is 53.7 Å². The molecule has 3 rings (SSSR count). The molecule has 0 aliphatic carbocycles. The lowest BCUT2D eigenvalue weighted by atomic mass is 10.1. The van der Waals surface area contributed by atoms with Crippen LogP contribution in [-0.2, 0) is 4.79 Å². The number of nitrogens with one attached hydrogen (secondary N) is 1. The van der Waals surface area contributed by atoms with Gasteiger partial charge in [0.2, 0.25) is 5.91 Å². The van der Waals surface area contributed by atoms with Crippen LogP contribution in [0.4, 0.5) is 5.69 Å². The van der Waals surface area contributed by atoms with Crippen molar-refractivity contribution in [2.24, 2.45) is 0 Å². The number of aryl methyl sites for hydroxylation is 1. The topological polar surface area (TPSA) is 59.3 Å². The largest absolute Gasteiger partial charge is 0.325 e. The zero-order chi connectivity index (χ0) is 15.5. The van der Waals surface area contributed by atoms with E-state index in [1.807, 2.05) is 60.8 Å². The van der Waals surface area contributed by atoms with E-state index in [1.54, 1.807) is 0 Å². The van der Waals surface area contributed by atoms with Gasteiger partial charge in [-0.3, -0.25) is 9.20 Å². The van der Waals surface area contributed by atoms with E-state index in [1.165, 1.54) is 11.8 Å². The molecule has 0 bridgehead atoms. The van der Waals surface area contributed by atoms with Gasteiger partial charge in [0.25, 0.3) is 0 Å². The summed E-state index contributed by atoms with van der Waals surface area (Å²) in [6, 6.07) is 11.6. The third-order valence-electron chi connectivity index (χ3n) is 3.49. The van der Waals surface area contributed by atoms with Crippen molar-refractivity contribution in [3.8, 4) is 0 Å². The molecule has 5 nitrogen and oxygen atoms in total. The van der Waals surface area contributed by atoms with Gasteiger partial charge in [-0.25, -0.2) is 0 Å². The number of hydrogen-bond donors (Lipinski definition) is 1. The average molecular weight is 312 g/mol. The van der Waals surface area contributed by atoms with E-state index in [0.29, 0.717) is 10.9 Å². The number of nitrogens with zero attached hydrogens (tertiary/aromatic N) is 3. The first kappa shape index (κ1) is 14.6. The number of anilines is 1. The molecule has 0 atom stereocenters. The van der Waals surface area contributed by atoms with Gasteiger partial charge >= 0.3 is 0 Å². The van der Waals surface area contributed by atoms with E-state index in [4.69, 9.17) is 0 Å². The number of rotatable bonds is 4. The molecule has 3 aromatic rings. The van der Waals surface area contributed by atoms with Crippen LogP contribution in [-0.4, -0.2) is 26.3 Å². The molecule has 0 fully saturated rings. The molecule has 1 N–H and O–H groups in total. The molecule has 0 spiro atoms. The molecule has 6 heteroatoms. The van der Waals surface area contributed by atoms with Crippen LogP contribution in [0.3, 0.4) is 0 Å². The van der Waals surface area contributed by atoms with Gasteiger partial charge in [0.1, 0.15) is 0 Å². The van der Waals surface area contributed by atoms with Gasteiger partial charge < -0.3 is 5.32 Å². The van der Waals surface area contributed by atoms with Gasteiger partial charge in [-0.1, -0.05) is 30.0 Å².